The van der Waals surface area contributed by atoms with Crippen LogP contribution in [0.3, 0.4) is 0 Å². The first kappa shape index (κ1) is 17.4. The average Bonchev–Trinajstić information content (AvgIpc) is 2.62. The maximum Gasteiger partial charge on any atom is 0.223 e. The number of hydrogen-bond donors (Lipinski definition) is 1. The van der Waals surface area contributed by atoms with E-state index in [4.69, 9.17) is 4.74 Å². The van der Waals surface area contributed by atoms with Crippen LogP contribution in [0.15, 0.2) is 24.3 Å². The number of nitrogens with one attached hydrogen (secondary N) is 1. The van der Waals surface area contributed by atoms with Crippen LogP contribution in [0.1, 0.15) is 37.9 Å². The van der Waals surface area contributed by atoms with E-state index in [1.807, 2.05) is 11.0 Å². The smallest absolute Gasteiger partial charge is 0.223 e. The molecule has 0 radical (unpaired) electrons. The molecule has 2 fully saturated rings. The van der Waals surface area contributed by atoms with Crippen LogP contribution in [0.25, 0.3) is 0 Å². The highest BCUT2D eigenvalue weighted by molar-refractivity contribution is 5.76. The molecule has 1 aromatic rings. The molecule has 132 valence electrons. The van der Waals surface area contributed by atoms with Gasteiger partial charge in [0.2, 0.25) is 5.91 Å². The SMILES string of the molecule is CC(CC(=O)N1CCOC(c2cccc(F)c2)C1)C1CCNCC1. The third kappa shape index (κ3) is 4.33. The molecule has 4 nitrogen and oxygen atoms in total. The predicted octanol–water partition coefficient (Wildman–Crippen LogP) is 2.75. The fourth-order valence-electron chi connectivity index (χ4n) is 3.77. The molecule has 0 saturated carbocycles. The summed E-state index contributed by atoms with van der Waals surface area (Å²) in [6.45, 7) is 5.96. The van der Waals surface area contributed by atoms with Crippen LogP contribution in [0.2, 0.25) is 0 Å². The van der Waals surface area contributed by atoms with Gasteiger partial charge >= 0.3 is 0 Å². The number of nitrogens with zero attached hydrogens (tertiary/aromatic N) is 1. The fraction of sp³-hybridized carbons (Fsp3) is 0.632. The van der Waals surface area contributed by atoms with Crippen LogP contribution in [-0.2, 0) is 9.53 Å². The molecule has 2 atom stereocenters. The van der Waals surface area contributed by atoms with E-state index in [2.05, 4.69) is 12.2 Å². The predicted molar refractivity (Wildman–Crippen MR) is 91.0 cm³/mol. The van der Waals surface area contributed by atoms with Crippen molar-refractivity contribution in [2.45, 2.75) is 32.3 Å². The number of piperidine rings is 1. The summed E-state index contributed by atoms with van der Waals surface area (Å²) in [5.74, 6) is 0.982. The van der Waals surface area contributed by atoms with Crippen molar-refractivity contribution in [3.63, 3.8) is 0 Å². The highest BCUT2D eigenvalue weighted by atomic mass is 19.1. The lowest BCUT2D eigenvalue weighted by Crippen LogP contribution is -2.43. The number of carbonyl (C=O) groups is 1. The maximum atomic E-state index is 13.4. The van der Waals surface area contributed by atoms with Crippen LogP contribution in [0.5, 0.6) is 0 Å². The van der Waals surface area contributed by atoms with Crippen LogP contribution >= 0.6 is 0 Å². The van der Waals surface area contributed by atoms with Crippen molar-refractivity contribution in [3.05, 3.63) is 35.6 Å². The standard InChI is InChI=1S/C19H27FN2O2/c1-14(15-5-7-21-8-6-15)11-19(23)22-9-10-24-18(13-22)16-3-2-4-17(20)12-16/h2-4,12,14-15,18,21H,5-11,13H2,1H3. The van der Waals surface area contributed by atoms with E-state index in [0.29, 0.717) is 38.0 Å². The Morgan fingerprint density at radius 2 is 2.21 bits per heavy atom. The van der Waals surface area contributed by atoms with Gasteiger partial charge in [-0.05, 0) is 55.5 Å². The molecule has 0 aliphatic carbocycles. The number of ether oxygens (including phenoxy) is 1. The number of carbonyl (C=O) groups excluding carboxylic acids is 1. The highest BCUT2D eigenvalue weighted by Gasteiger charge is 2.28. The van der Waals surface area contributed by atoms with Gasteiger partial charge in [0.15, 0.2) is 0 Å². The van der Waals surface area contributed by atoms with Crippen molar-refractivity contribution in [1.29, 1.82) is 0 Å². The Labute approximate surface area is 143 Å². The number of halogens is 1. The molecular formula is C19H27FN2O2. The van der Waals surface area contributed by atoms with Crippen molar-refractivity contribution in [3.8, 4) is 0 Å². The second-order valence-electron chi connectivity index (χ2n) is 7.02. The largest absolute Gasteiger partial charge is 0.370 e. The van der Waals surface area contributed by atoms with Crippen LogP contribution < -0.4 is 5.32 Å². The summed E-state index contributed by atoms with van der Waals surface area (Å²) in [4.78, 5) is 14.6. The van der Waals surface area contributed by atoms with E-state index < -0.39 is 0 Å². The van der Waals surface area contributed by atoms with Gasteiger partial charge in [0.05, 0.1) is 13.2 Å². The summed E-state index contributed by atoms with van der Waals surface area (Å²) >= 11 is 0. The van der Waals surface area contributed by atoms with Gasteiger partial charge in [0.25, 0.3) is 0 Å². The van der Waals surface area contributed by atoms with Crippen molar-refractivity contribution < 1.29 is 13.9 Å². The Morgan fingerprint density at radius 3 is 2.96 bits per heavy atom. The molecular weight excluding hydrogens is 307 g/mol. The molecule has 3 rings (SSSR count). The van der Waals surface area contributed by atoms with Crippen molar-refractivity contribution in [2.75, 3.05) is 32.8 Å². The first-order valence-electron chi connectivity index (χ1n) is 8.99. The van der Waals surface area contributed by atoms with Gasteiger partial charge < -0.3 is 15.0 Å². The molecule has 2 saturated heterocycles. The monoisotopic (exact) mass is 334 g/mol. The zero-order chi connectivity index (χ0) is 16.9. The van der Waals surface area contributed by atoms with E-state index in [0.717, 1.165) is 31.5 Å². The molecule has 1 N–H and O–H groups in total. The molecule has 2 aliphatic rings. The number of morpholine rings is 1. The molecule has 5 heteroatoms. The third-order valence-corrected chi connectivity index (χ3v) is 5.32. The summed E-state index contributed by atoms with van der Waals surface area (Å²) < 4.78 is 19.2. The van der Waals surface area contributed by atoms with Gasteiger partial charge in [-0.3, -0.25) is 4.79 Å². The Bertz CT molecular complexity index is 560. The number of rotatable bonds is 4. The molecule has 0 aromatic heterocycles. The summed E-state index contributed by atoms with van der Waals surface area (Å²) in [6.07, 6.45) is 2.68. The summed E-state index contributed by atoms with van der Waals surface area (Å²) in [6, 6.07) is 6.47. The topological polar surface area (TPSA) is 41.6 Å². The van der Waals surface area contributed by atoms with E-state index in [9.17, 15) is 9.18 Å². The maximum absolute atomic E-state index is 13.4. The van der Waals surface area contributed by atoms with Gasteiger partial charge in [-0.2, -0.15) is 0 Å². The van der Waals surface area contributed by atoms with Crippen LogP contribution in [-0.4, -0.2) is 43.6 Å². The zero-order valence-electron chi connectivity index (χ0n) is 14.3. The highest BCUT2D eigenvalue weighted by Crippen LogP contribution is 2.27. The van der Waals surface area contributed by atoms with E-state index in [1.54, 1.807) is 6.07 Å². The summed E-state index contributed by atoms with van der Waals surface area (Å²) in [5.41, 5.74) is 0.805. The number of hydrogen-bond acceptors (Lipinski definition) is 3. The Balaban J connectivity index is 1.56. The van der Waals surface area contributed by atoms with Crippen molar-refractivity contribution >= 4 is 5.91 Å². The lowest BCUT2D eigenvalue weighted by atomic mass is 9.84. The minimum Gasteiger partial charge on any atom is -0.370 e. The molecule has 2 unspecified atom stereocenters. The van der Waals surface area contributed by atoms with Gasteiger partial charge in [-0.15, -0.1) is 0 Å². The second-order valence-corrected chi connectivity index (χ2v) is 7.02. The van der Waals surface area contributed by atoms with E-state index in [-0.39, 0.29) is 17.8 Å². The Morgan fingerprint density at radius 1 is 1.42 bits per heavy atom. The van der Waals surface area contributed by atoms with Crippen molar-refractivity contribution in [2.24, 2.45) is 11.8 Å². The molecule has 2 aliphatic heterocycles. The zero-order valence-corrected chi connectivity index (χ0v) is 14.3. The average molecular weight is 334 g/mol. The minimum absolute atomic E-state index is 0.200. The first-order valence-corrected chi connectivity index (χ1v) is 8.99. The third-order valence-electron chi connectivity index (χ3n) is 5.32. The number of benzene rings is 1. The van der Waals surface area contributed by atoms with Gasteiger partial charge in [0, 0.05) is 13.0 Å². The Kier molecular flexibility index (Phi) is 5.85. The van der Waals surface area contributed by atoms with E-state index in [1.165, 1.54) is 12.1 Å². The quantitative estimate of drug-likeness (QED) is 0.920. The van der Waals surface area contributed by atoms with Crippen LogP contribution in [0, 0.1) is 17.7 Å². The number of amides is 1. The molecule has 1 aromatic carbocycles. The summed E-state index contributed by atoms with van der Waals surface area (Å²) in [5, 5.41) is 3.37. The van der Waals surface area contributed by atoms with E-state index >= 15 is 0 Å². The normalized spacial score (nSPS) is 23.9. The summed E-state index contributed by atoms with van der Waals surface area (Å²) in [7, 11) is 0. The second kappa shape index (κ2) is 8.08. The van der Waals surface area contributed by atoms with Crippen molar-refractivity contribution in [1.82, 2.24) is 10.2 Å². The van der Waals surface area contributed by atoms with Crippen LogP contribution in [0.4, 0.5) is 4.39 Å². The lowest BCUT2D eigenvalue weighted by Gasteiger charge is -2.35. The molecule has 1 amide bonds. The lowest BCUT2D eigenvalue weighted by molar-refractivity contribution is -0.140. The molecule has 2 heterocycles. The molecule has 0 spiro atoms. The Hall–Kier alpha value is -1.46. The van der Waals surface area contributed by atoms with Gasteiger partial charge in [-0.1, -0.05) is 19.1 Å². The molecule has 0 bridgehead atoms. The minimum atomic E-state index is -0.265. The van der Waals surface area contributed by atoms with Gasteiger partial charge in [-0.25, -0.2) is 4.39 Å². The van der Waals surface area contributed by atoms with Gasteiger partial charge in [0.1, 0.15) is 11.9 Å². The fourth-order valence-corrected chi connectivity index (χ4v) is 3.77. The molecule has 24 heavy (non-hydrogen) atoms. The first-order chi connectivity index (χ1) is 11.6.